The highest BCUT2D eigenvalue weighted by Crippen LogP contribution is 2.02. The Morgan fingerprint density at radius 2 is 1.94 bits per heavy atom. The molecule has 1 rings (SSSR count). The van der Waals surface area contributed by atoms with Gasteiger partial charge in [0.1, 0.15) is 11.9 Å². The van der Waals surface area contributed by atoms with Gasteiger partial charge in [0.15, 0.2) is 0 Å². The molecule has 98 valence electrons. The lowest BCUT2D eigenvalue weighted by molar-refractivity contribution is -0.127. The molecule has 0 aliphatic rings. The molecule has 0 radical (unpaired) electrons. The highest BCUT2D eigenvalue weighted by Gasteiger charge is 2.16. The molecule has 18 heavy (non-hydrogen) atoms. The fourth-order valence-electron chi connectivity index (χ4n) is 1.35. The SMILES string of the molecule is CC(=O)NC(CS)C(=O)NCc1ccc(F)cc1. The quantitative estimate of drug-likeness (QED) is 0.696. The molecule has 0 aliphatic carbocycles. The fraction of sp³-hybridized carbons (Fsp3) is 0.333. The third-order valence-corrected chi connectivity index (χ3v) is 2.62. The van der Waals surface area contributed by atoms with Crippen LogP contribution in [0.4, 0.5) is 4.39 Å². The number of amides is 2. The molecule has 0 bridgehead atoms. The zero-order chi connectivity index (χ0) is 13.5. The van der Waals surface area contributed by atoms with Crippen molar-refractivity contribution >= 4 is 24.4 Å². The molecule has 1 atom stereocenters. The van der Waals surface area contributed by atoms with E-state index in [1.165, 1.54) is 19.1 Å². The zero-order valence-corrected chi connectivity index (χ0v) is 10.8. The summed E-state index contributed by atoms with van der Waals surface area (Å²) in [6.07, 6.45) is 0. The standard InChI is InChI=1S/C12H15FN2O2S/c1-8(16)15-11(7-18)12(17)14-6-9-2-4-10(13)5-3-9/h2-5,11,18H,6-7H2,1H3,(H,14,17)(H,15,16). The van der Waals surface area contributed by atoms with Gasteiger partial charge in [-0.15, -0.1) is 0 Å². The van der Waals surface area contributed by atoms with Crippen molar-refractivity contribution in [1.82, 2.24) is 10.6 Å². The molecule has 1 aromatic rings. The first-order chi connectivity index (χ1) is 8.52. The van der Waals surface area contributed by atoms with Gasteiger partial charge >= 0.3 is 0 Å². The van der Waals surface area contributed by atoms with Crippen molar-refractivity contribution in [2.24, 2.45) is 0 Å². The Morgan fingerprint density at radius 3 is 2.44 bits per heavy atom. The first-order valence-corrected chi connectivity index (χ1v) is 6.06. The van der Waals surface area contributed by atoms with E-state index >= 15 is 0 Å². The van der Waals surface area contributed by atoms with Gasteiger partial charge in [-0.2, -0.15) is 12.6 Å². The fourth-order valence-corrected chi connectivity index (χ4v) is 1.61. The second-order valence-electron chi connectivity index (χ2n) is 3.78. The number of carbonyl (C=O) groups is 2. The van der Waals surface area contributed by atoms with E-state index in [0.29, 0.717) is 0 Å². The van der Waals surface area contributed by atoms with Crippen LogP contribution in [-0.4, -0.2) is 23.6 Å². The highest BCUT2D eigenvalue weighted by atomic mass is 32.1. The molecule has 0 saturated carbocycles. The van der Waals surface area contributed by atoms with Crippen molar-refractivity contribution in [3.05, 3.63) is 35.6 Å². The lowest BCUT2D eigenvalue weighted by Gasteiger charge is -2.15. The minimum absolute atomic E-state index is 0.217. The molecule has 0 aromatic heterocycles. The largest absolute Gasteiger partial charge is 0.350 e. The second-order valence-corrected chi connectivity index (χ2v) is 4.15. The molecule has 4 nitrogen and oxygen atoms in total. The van der Waals surface area contributed by atoms with Gasteiger partial charge in [-0.05, 0) is 17.7 Å². The maximum absolute atomic E-state index is 12.7. The van der Waals surface area contributed by atoms with Crippen LogP contribution in [0.1, 0.15) is 12.5 Å². The van der Waals surface area contributed by atoms with Gasteiger partial charge in [0.25, 0.3) is 0 Å². The molecular weight excluding hydrogens is 255 g/mol. The molecule has 1 unspecified atom stereocenters. The summed E-state index contributed by atoms with van der Waals surface area (Å²) in [5, 5.41) is 5.14. The number of halogens is 1. The summed E-state index contributed by atoms with van der Waals surface area (Å²) in [6, 6.07) is 5.16. The second kappa shape index (κ2) is 7.00. The Bertz CT molecular complexity index is 423. The molecule has 0 heterocycles. The van der Waals surface area contributed by atoms with Crippen molar-refractivity contribution in [1.29, 1.82) is 0 Å². The van der Waals surface area contributed by atoms with E-state index in [-0.39, 0.29) is 29.9 Å². The number of benzene rings is 1. The topological polar surface area (TPSA) is 58.2 Å². The smallest absolute Gasteiger partial charge is 0.243 e. The van der Waals surface area contributed by atoms with E-state index in [9.17, 15) is 14.0 Å². The first kappa shape index (κ1) is 14.5. The van der Waals surface area contributed by atoms with Crippen LogP contribution in [0.5, 0.6) is 0 Å². The Balaban J connectivity index is 2.49. The van der Waals surface area contributed by atoms with Gasteiger partial charge < -0.3 is 10.6 Å². The molecule has 1 aromatic carbocycles. The summed E-state index contributed by atoms with van der Waals surface area (Å²) in [7, 11) is 0. The van der Waals surface area contributed by atoms with Gasteiger partial charge in [-0.25, -0.2) is 4.39 Å². The van der Waals surface area contributed by atoms with E-state index in [4.69, 9.17) is 0 Å². The summed E-state index contributed by atoms with van der Waals surface area (Å²) < 4.78 is 12.7. The van der Waals surface area contributed by atoms with Crippen LogP contribution < -0.4 is 10.6 Å². The number of rotatable bonds is 5. The van der Waals surface area contributed by atoms with Crippen LogP contribution in [0.3, 0.4) is 0 Å². The molecular formula is C12H15FN2O2S. The molecule has 0 aliphatic heterocycles. The van der Waals surface area contributed by atoms with Crippen molar-refractivity contribution in [2.75, 3.05) is 5.75 Å². The van der Waals surface area contributed by atoms with Gasteiger partial charge in [0.05, 0.1) is 0 Å². The van der Waals surface area contributed by atoms with Gasteiger partial charge in [-0.3, -0.25) is 9.59 Å². The van der Waals surface area contributed by atoms with Crippen molar-refractivity contribution in [3.63, 3.8) is 0 Å². The van der Waals surface area contributed by atoms with Crippen LogP contribution >= 0.6 is 12.6 Å². The zero-order valence-electron chi connectivity index (χ0n) is 9.94. The molecule has 0 fully saturated rings. The monoisotopic (exact) mass is 270 g/mol. The minimum atomic E-state index is -0.661. The predicted octanol–water partition coefficient (Wildman–Crippen LogP) is 0.876. The number of nitrogens with one attached hydrogen (secondary N) is 2. The van der Waals surface area contributed by atoms with E-state index < -0.39 is 6.04 Å². The average Bonchev–Trinajstić information content (AvgIpc) is 2.34. The Hall–Kier alpha value is -1.56. The van der Waals surface area contributed by atoms with E-state index in [1.807, 2.05) is 0 Å². The molecule has 2 N–H and O–H groups in total. The van der Waals surface area contributed by atoms with Crippen molar-refractivity contribution in [3.8, 4) is 0 Å². The number of hydrogen-bond acceptors (Lipinski definition) is 3. The van der Waals surface area contributed by atoms with E-state index in [2.05, 4.69) is 23.3 Å². The van der Waals surface area contributed by atoms with Gasteiger partial charge in [-0.1, -0.05) is 12.1 Å². The van der Waals surface area contributed by atoms with Crippen LogP contribution in [0.25, 0.3) is 0 Å². The lowest BCUT2D eigenvalue weighted by atomic mass is 10.2. The summed E-state index contributed by atoms with van der Waals surface area (Å²) >= 11 is 4.00. The summed E-state index contributed by atoms with van der Waals surface area (Å²) in [6.45, 7) is 1.62. The van der Waals surface area contributed by atoms with E-state index in [1.54, 1.807) is 12.1 Å². The third-order valence-electron chi connectivity index (χ3n) is 2.26. The van der Waals surface area contributed by atoms with Crippen LogP contribution in [0.15, 0.2) is 24.3 Å². The van der Waals surface area contributed by atoms with Crippen LogP contribution in [0, 0.1) is 5.82 Å². The van der Waals surface area contributed by atoms with Crippen LogP contribution in [-0.2, 0) is 16.1 Å². The number of carbonyl (C=O) groups excluding carboxylic acids is 2. The van der Waals surface area contributed by atoms with E-state index in [0.717, 1.165) is 5.56 Å². The number of thiol groups is 1. The Morgan fingerprint density at radius 1 is 1.33 bits per heavy atom. The Kier molecular flexibility index (Phi) is 5.64. The molecule has 0 saturated heterocycles. The number of hydrogen-bond donors (Lipinski definition) is 3. The maximum atomic E-state index is 12.7. The Labute approximate surface area is 110 Å². The lowest BCUT2D eigenvalue weighted by Crippen LogP contribution is -2.47. The van der Waals surface area contributed by atoms with Crippen LogP contribution in [0.2, 0.25) is 0 Å². The molecule has 0 spiro atoms. The molecule has 6 heteroatoms. The third kappa shape index (κ3) is 4.75. The van der Waals surface area contributed by atoms with Gasteiger partial charge in [0, 0.05) is 19.2 Å². The summed E-state index contributed by atoms with van der Waals surface area (Å²) in [5.41, 5.74) is 0.783. The summed E-state index contributed by atoms with van der Waals surface area (Å²) in [5.74, 6) is -0.707. The highest BCUT2D eigenvalue weighted by molar-refractivity contribution is 7.80. The normalized spacial score (nSPS) is 11.7. The first-order valence-electron chi connectivity index (χ1n) is 5.43. The summed E-state index contributed by atoms with van der Waals surface area (Å²) in [4.78, 5) is 22.6. The van der Waals surface area contributed by atoms with Gasteiger partial charge in [0.2, 0.25) is 11.8 Å². The van der Waals surface area contributed by atoms with Crippen molar-refractivity contribution < 1.29 is 14.0 Å². The predicted molar refractivity (Wildman–Crippen MR) is 69.7 cm³/mol. The molecule has 2 amide bonds. The van der Waals surface area contributed by atoms with Crippen molar-refractivity contribution in [2.45, 2.75) is 19.5 Å². The average molecular weight is 270 g/mol. The maximum Gasteiger partial charge on any atom is 0.243 e. The minimum Gasteiger partial charge on any atom is -0.350 e.